The first-order valence-corrected chi connectivity index (χ1v) is 7.71. The summed E-state index contributed by atoms with van der Waals surface area (Å²) in [5.74, 6) is -1.51. The van der Waals surface area contributed by atoms with Crippen LogP contribution in [0.3, 0.4) is 0 Å². The molecular formula is C18H18FN3O3. The quantitative estimate of drug-likeness (QED) is 0.749. The number of halogens is 1. The zero-order valence-corrected chi connectivity index (χ0v) is 13.6. The number of carbonyl (C=O) groups is 3. The predicted molar refractivity (Wildman–Crippen MR) is 91.8 cm³/mol. The molecule has 0 aromatic heterocycles. The molecule has 25 heavy (non-hydrogen) atoms. The Labute approximate surface area is 144 Å². The van der Waals surface area contributed by atoms with Gasteiger partial charge >= 0.3 is 0 Å². The van der Waals surface area contributed by atoms with Gasteiger partial charge in [0, 0.05) is 23.4 Å². The molecule has 3 N–H and O–H groups in total. The van der Waals surface area contributed by atoms with Crippen LogP contribution in [0, 0.1) is 5.82 Å². The maximum absolute atomic E-state index is 12.8. The van der Waals surface area contributed by atoms with E-state index in [0.717, 1.165) is 0 Å². The normalized spacial score (nSPS) is 10.0. The van der Waals surface area contributed by atoms with Gasteiger partial charge in [0.05, 0.1) is 6.54 Å². The van der Waals surface area contributed by atoms with E-state index < -0.39 is 17.6 Å². The minimum absolute atomic E-state index is 0.188. The van der Waals surface area contributed by atoms with Crippen molar-refractivity contribution in [3.63, 3.8) is 0 Å². The average Bonchev–Trinajstić information content (AvgIpc) is 2.61. The summed E-state index contributed by atoms with van der Waals surface area (Å²) in [6.45, 7) is 2.13. The van der Waals surface area contributed by atoms with Crippen molar-refractivity contribution in [3.05, 3.63) is 65.5 Å². The fourth-order valence-electron chi connectivity index (χ4n) is 2.04. The van der Waals surface area contributed by atoms with Crippen LogP contribution in [-0.2, 0) is 4.79 Å². The maximum Gasteiger partial charge on any atom is 0.251 e. The molecule has 0 heterocycles. The summed E-state index contributed by atoms with van der Waals surface area (Å²) in [4.78, 5) is 35.3. The summed E-state index contributed by atoms with van der Waals surface area (Å²) < 4.78 is 12.8. The first-order chi connectivity index (χ1) is 12.0. The van der Waals surface area contributed by atoms with E-state index in [2.05, 4.69) is 16.0 Å². The van der Waals surface area contributed by atoms with Crippen molar-refractivity contribution < 1.29 is 18.8 Å². The van der Waals surface area contributed by atoms with Gasteiger partial charge in [-0.3, -0.25) is 14.4 Å². The highest BCUT2D eigenvalue weighted by Crippen LogP contribution is 2.09. The molecule has 2 aromatic rings. The minimum Gasteiger partial charge on any atom is -0.352 e. The Morgan fingerprint density at radius 3 is 1.92 bits per heavy atom. The third-order valence-corrected chi connectivity index (χ3v) is 3.28. The molecule has 7 heteroatoms. The van der Waals surface area contributed by atoms with Gasteiger partial charge in [-0.2, -0.15) is 0 Å². The van der Waals surface area contributed by atoms with Crippen LogP contribution in [0.1, 0.15) is 27.6 Å². The zero-order valence-electron chi connectivity index (χ0n) is 13.6. The first-order valence-electron chi connectivity index (χ1n) is 7.71. The van der Waals surface area contributed by atoms with Crippen molar-refractivity contribution in [1.82, 2.24) is 10.6 Å². The zero-order chi connectivity index (χ0) is 18.2. The van der Waals surface area contributed by atoms with Gasteiger partial charge in [0.25, 0.3) is 11.8 Å². The van der Waals surface area contributed by atoms with Gasteiger partial charge in [-0.15, -0.1) is 0 Å². The molecule has 130 valence electrons. The van der Waals surface area contributed by atoms with Gasteiger partial charge in [-0.25, -0.2) is 4.39 Å². The van der Waals surface area contributed by atoms with Crippen molar-refractivity contribution in [2.24, 2.45) is 0 Å². The lowest BCUT2D eigenvalue weighted by molar-refractivity contribution is -0.115. The average molecular weight is 343 g/mol. The van der Waals surface area contributed by atoms with E-state index in [1.165, 1.54) is 24.3 Å². The number of benzene rings is 2. The highest BCUT2D eigenvalue weighted by molar-refractivity contribution is 5.99. The molecule has 0 aliphatic rings. The second-order valence-electron chi connectivity index (χ2n) is 5.17. The predicted octanol–water partition coefficient (Wildman–Crippen LogP) is 1.94. The van der Waals surface area contributed by atoms with E-state index in [4.69, 9.17) is 0 Å². The van der Waals surface area contributed by atoms with Gasteiger partial charge in [-0.1, -0.05) is 0 Å². The van der Waals surface area contributed by atoms with Crippen LogP contribution in [0.2, 0.25) is 0 Å². The maximum atomic E-state index is 12.8. The second kappa shape index (κ2) is 8.58. The third-order valence-electron chi connectivity index (χ3n) is 3.28. The summed E-state index contributed by atoms with van der Waals surface area (Å²) >= 11 is 0. The van der Waals surface area contributed by atoms with Crippen molar-refractivity contribution in [3.8, 4) is 0 Å². The number of carbonyl (C=O) groups excluding carboxylic acids is 3. The largest absolute Gasteiger partial charge is 0.352 e. The number of hydrogen-bond acceptors (Lipinski definition) is 3. The molecule has 2 rings (SSSR count). The lowest BCUT2D eigenvalue weighted by Crippen LogP contribution is -2.32. The highest BCUT2D eigenvalue weighted by atomic mass is 19.1. The van der Waals surface area contributed by atoms with Crippen molar-refractivity contribution >= 4 is 23.4 Å². The Bertz CT molecular complexity index is 758. The van der Waals surface area contributed by atoms with Gasteiger partial charge < -0.3 is 16.0 Å². The Balaban J connectivity index is 1.84. The number of rotatable bonds is 6. The summed E-state index contributed by atoms with van der Waals surface area (Å²) in [7, 11) is 0. The highest BCUT2D eigenvalue weighted by Gasteiger charge is 2.09. The molecule has 3 amide bonds. The molecule has 2 aromatic carbocycles. The summed E-state index contributed by atoms with van der Waals surface area (Å²) in [5, 5.41) is 7.73. The Hall–Kier alpha value is -3.22. The molecule has 0 aliphatic carbocycles. The van der Waals surface area contributed by atoms with E-state index in [9.17, 15) is 18.8 Å². The van der Waals surface area contributed by atoms with Crippen molar-refractivity contribution in [2.45, 2.75) is 6.92 Å². The summed E-state index contributed by atoms with van der Waals surface area (Å²) in [5.41, 5.74) is 1.26. The van der Waals surface area contributed by atoms with Crippen LogP contribution in [0.4, 0.5) is 10.1 Å². The molecular weight excluding hydrogens is 325 g/mol. The number of amides is 3. The van der Waals surface area contributed by atoms with Crippen LogP contribution >= 0.6 is 0 Å². The molecule has 0 radical (unpaired) electrons. The van der Waals surface area contributed by atoms with Crippen molar-refractivity contribution in [2.75, 3.05) is 18.4 Å². The lowest BCUT2D eigenvalue weighted by atomic mass is 10.2. The summed E-state index contributed by atoms with van der Waals surface area (Å²) in [6, 6.07) is 11.4. The van der Waals surface area contributed by atoms with Crippen LogP contribution in [0.25, 0.3) is 0 Å². The van der Waals surface area contributed by atoms with Crippen LogP contribution in [0.5, 0.6) is 0 Å². The van der Waals surface area contributed by atoms with E-state index >= 15 is 0 Å². The molecule has 0 aliphatic heterocycles. The topological polar surface area (TPSA) is 87.3 Å². The van der Waals surface area contributed by atoms with Crippen LogP contribution in [-0.4, -0.2) is 30.8 Å². The van der Waals surface area contributed by atoms with Gasteiger partial charge in [0.1, 0.15) is 5.82 Å². The summed E-state index contributed by atoms with van der Waals surface area (Å²) in [6.07, 6.45) is 0. The Morgan fingerprint density at radius 2 is 1.36 bits per heavy atom. The standard InChI is InChI=1S/C18H18FN3O3/c1-2-20-17(24)13-5-9-15(10-6-13)22-16(23)11-21-18(25)12-3-7-14(19)8-4-12/h3-10H,2,11H2,1H3,(H,20,24)(H,21,25)(H,22,23). The van der Waals surface area contributed by atoms with Crippen LogP contribution < -0.4 is 16.0 Å². The van der Waals surface area contributed by atoms with Crippen LogP contribution in [0.15, 0.2) is 48.5 Å². The fraction of sp³-hybridized carbons (Fsp3) is 0.167. The van der Waals surface area contributed by atoms with Crippen molar-refractivity contribution in [1.29, 1.82) is 0 Å². The third kappa shape index (κ3) is 5.42. The van der Waals surface area contributed by atoms with E-state index in [1.54, 1.807) is 24.3 Å². The van der Waals surface area contributed by atoms with Gasteiger partial charge in [0.15, 0.2) is 0 Å². The molecule has 0 spiro atoms. The van der Waals surface area contributed by atoms with E-state index in [-0.39, 0.29) is 18.0 Å². The smallest absolute Gasteiger partial charge is 0.251 e. The Kier molecular flexibility index (Phi) is 6.22. The molecule has 0 unspecified atom stereocenters. The molecule has 0 atom stereocenters. The minimum atomic E-state index is -0.471. The van der Waals surface area contributed by atoms with Gasteiger partial charge in [-0.05, 0) is 55.5 Å². The Morgan fingerprint density at radius 1 is 0.840 bits per heavy atom. The second-order valence-corrected chi connectivity index (χ2v) is 5.17. The molecule has 0 saturated carbocycles. The number of nitrogens with one attached hydrogen (secondary N) is 3. The van der Waals surface area contributed by atoms with Gasteiger partial charge in [0.2, 0.25) is 5.91 Å². The number of hydrogen-bond donors (Lipinski definition) is 3. The lowest BCUT2D eigenvalue weighted by Gasteiger charge is -2.08. The molecule has 0 fully saturated rings. The SMILES string of the molecule is CCNC(=O)c1ccc(NC(=O)CNC(=O)c2ccc(F)cc2)cc1. The molecule has 0 saturated heterocycles. The molecule has 0 bridgehead atoms. The first kappa shape index (κ1) is 18.1. The van der Waals surface area contributed by atoms with E-state index in [0.29, 0.717) is 17.8 Å². The number of anilines is 1. The van der Waals surface area contributed by atoms with E-state index in [1.807, 2.05) is 6.92 Å². The monoisotopic (exact) mass is 343 g/mol. The molecule has 6 nitrogen and oxygen atoms in total. The fourth-order valence-corrected chi connectivity index (χ4v) is 2.04.